The van der Waals surface area contributed by atoms with E-state index in [2.05, 4.69) is 38.1 Å². The molecule has 0 saturated heterocycles. The Labute approximate surface area is 140 Å². The van der Waals surface area contributed by atoms with Crippen molar-refractivity contribution in [2.45, 2.75) is 52.4 Å². The second kappa shape index (κ2) is 9.29. The van der Waals surface area contributed by atoms with E-state index < -0.39 is 0 Å². The minimum atomic E-state index is -0.117. The van der Waals surface area contributed by atoms with Crippen LogP contribution in [0.25, 0.3) is 6.08 Å². The van der Waals surface area contributed by atoms with Crippen LogP contribution in [0.3, 0.4) is 0 Å². The Kier molecular flexibility index (Phi) is 7.06. The second-order valence-corrected chi connectivity index (χ2v) is 6.11. The maximum atomic E-state index is 14.1. The molecule has 0 aliphatic heterocycles. The number of rotatable bonds is 8. The molecule has 0 fully saturated rings. The van der Waals surface area contributed by atoms with Crippen LogP contribution in [0.1, 0.15) is 55.4 Å². The first-order chi connectivity index (χ1) is 11.2. The summed E-state index contributed by atoms with van der Waals surface area (Å²) < 4.78 is 14.1. The Balaban J connectivity index is 1.94. The average molecular weight is 310 g/mol. The van der Waals surface area contributed by atoms with E-state index in [9.17, 15) is 4.39 Å². The minimum Gasteiger partial charge on any atom is -0.206 e. The van der Waals surface area contributed by atoms with Gasteiger partial charge in [0.1, 0.15) is 5.82 Å². The molecule has 2 aromatic carbocycles. The quantitative estimate of drug-likeness (QED) is 0.531. The molecule has 122 valence electrons. The van der Waals surface area contributed by atoms with Crippen LogP contribution in [0.2, 0.25) is 0 Å². The van der Waals surface area contributed by atoms with Crippen molar-refractivity contribution in [2.24, 2.45) is 0 Å². The zero-order chi connectivity index (χ0) is 16.5. The van der Waals surface area contributed by atoms with E-state index in [-0.39, 0.29) is 5.82 Å². The van der Waals surface area contributed by atoms with Gasteiger partial charge in [0.15, 0.2) is 0 Å². The first-order valence-electron chi connectivity index (χ1n) is 8.75. The predicted octanol–water partition coefficient (Wildman–Crippen LogP) is 6.38. The Morgan fingerprint density at radius 1 is 0.783 bits per heavy atom. The Morgan fingerprint density at radius 3 is 2.00 bits per heavy atom. The van der Waals surface area contributed by atoms with Gasteiger partial charge in [0.05, 0.1) is 0 Å². The Bertz CT molecular complexity index is 623. The summed E-state index contributed by atoms with van der Waals surface area (Å²) in [6, 6.07) is 14.4. The van der Waals surface area contributed by atoms with Crippen LogP contribution in [0.4, 0.5) is 4.39 Å². The van der Waals surface area contributed by atoms with E-state index in [1.165, 1.54) is 17.5 Å². The largest absolute Gasteiger partial charge is 0.206 e. The van der Waals surface area contributed by atoms with Crippen LogP contribution in [0, 0.1) is 5.82 Å². The molecule has 0 saturated carbocycles. The van der Waals surface area contributed by atoms with Gasteiger partial charge in [0, 0.05) is 5.56 Å². The van der Waals surface area contributed by atoms with Crippen molar-refractivity contribution in [3.05, 3.63) is 76.6 Å². The molecule has 0 aromatic heterocycles. The second-order valence-electron chi connectivity index (χ2n) is 6.11. The molecule has 2 rings (SSSR count). The normalized spacial score (nSPS) is 11.3. The van der Waals surface area contributed by atoms with Crippen LogP contribution in [0.15, 0.2) is 48.5 Å². The summed E-state index contributed by atoms with van der Waals surface area (Å²) >= 11 is 0. The van der Waals surface area contributed by atoms with Crippen molar-refractivity contribution in [1.29, 1.82) is 0 Å². The van der Waals surface area contributed by atoms with E-state index in [0.29, 0.717) is 5.56 Å². The Morgan fingerprint density at radius 2 is 1.39 bits per heavy atom. The van der Waals surface area contributed by atoms with E-state index in [0.717, 1.165) is 37.7 Å². The van der Waals surface area contributed by atoms with Crippen LogP contribution in [-0.4, -0.2) is 0 Å². The maximum Gasteiger partial charge on any atom is 0.130 e. The van der Waals surface area contributed by atoms with Gasteiger partial charge in [-0.2, -0.15) is 0 Å². The summed E-state index contributed by atoms with van der Waals surface area (Å²) in [5.74, 6) is -0.117. The number of hydrogen-bond acceptors (Lipinski definition) is 0. The molecule has 0 bridgehead atoms. The predicted molar refractivity (Wildman–Crippen MR) is 98.2 cm³/mol. The van der Waals surface area contributed by atoms with Crippen molar-refractivity contribution in [2.75, 3.05) is 0 Å². The molecule has 0 aliphatic rings. The molecule has 0 spiro atoms. The lowest BCUT2D eigenvalue weighted by Crippen LogP contribution is -1.94. The van der Waals surface area contributed by atoms with Crippen molar-refractivity contribution in [3.8, 4) is 0 Å². The van der Waals surface area contributed by atoms with Crippen molar-refractivity contribution >= 4 is 6.08 Å². The molecule has 1 heteroatoms. The standard InChI is InChI=1S/C22H27F/c1-3-5-6-8-21-16-15-20(17-22(21)23)14-13-19-11-9-18(7-4-2)10-12-19/h6,8-12,15-17H,3-5,7,13-14H2,1-2H3. The molecular formula is C22H27F. The molecule has 0 radical (unpaired) electrons. The highest BCUT2D eigenvalue weighted by Crippen LogP contribution is 2.15. The Hall–Kier alpha value is -1.89. The summed E-state index contributed by atoms with van der Waals surface area (Å²) in [5, 5.41) is 0. The zero-order valence-electron chi connectivity index (χ0n) is 14.3. The van der Waals surface area contributed by atoms with Crippen LogP contribution in [-0.2, 0) is 19.3 Å². The molecule has 0 unspecified atom stereocenters. The number of allylic oxidation sites excluding steroid dienone is 1. The van der Waals surface area contributed by atoms with E-state index in [1.807, 2.05) is 24.3 Å². The highest BCUT2D eigenvalue weighted by Gasteiger charge is 2.02. The molecule has 0 N–H and O–H groups in total. The van der Waals surface area contributed by atoms with Gasteiger partial charge in [0.25, 0.3) is 0 Å². The van der Waals surface area contributed by atoms with Gasteiger partial charge in [-0.3, -0.25) is 0 Å². The van der Waals surface area contributed by atoms with Crippen LogP contribution >= 0.6 is 0 Å². The van der Waals surface area contributed by atoms with Gasteiger partial charge in [-0.15, -0.1) is 0 Å². The van der Waals surface area contributed by atoms with Crippen molar-refractivity contribution < 1.29 is 4.39 Å². The van der Waals surface area contributed by atoms with Crippen molar-refractivity contribution in [3.63, 3.8) is 0 Å². The third-order valence-electron chi connectivity index (χ3n) is 4.08. The SMILES string of the molecule is CCCC=Cc1ccc(CCc2ccc(CCC)cc2)cc1F. The third kappa shape index (κ3) is 5.67. The van der Waals surface area contributed by atoms with E-state index >= 15 is 0 Å². The summed E-state index contributed by atoms with van der Waals surface area (Å²) in [7, 11) is 0. The lowest BCUT2D eigenvalue weighted by Gasteiger charge is -2.06. The molecule has 0 aliphatic carbocycles. The number of hydrogen-bond donors (Lipinski definition) is 0. The number of benzene rings is 2. The highest BCUT2D eigenvalue weighted by atomic mass is 19.1. The zero-order valence-corrected chi connectivity index (χ0v) is 14.3. The summed E-state index contributed by atoms with van der Waals surface area (Å²) in [5.41, 5.74) is 4.46. The molecule has 0 heterocycles. The fraction of sp³-hybridized carbons (Fsp3) is 0.364. The summed E-state index contributed by atoms with van der Waals surface area (Å²) in [6.45, 7) is 4.32. The van der Waals surface area contributed by atoms with Crippen LogP contribution in [0.5, 0.6) is 0 Å². The fourth-order valence-electron chi connectivity index (χ4n) is 2.69. The number of halogens is 1. The van der Waals surface area contributed by atoms with E-state index in [4.69, 9.17) is 0 Å². The van der Waals surface area contributed by atoms with Gasteiger partial charge in [0.2, 0.25) is 0 Å². The molecule has 0 atom stereocenters. The lowest BCUT2D eigenvalue weighted by molar-refractivity contribution is 0.622. The summed E-state index contributed by atoms with van der Waals surface area (Å²) in [4.78, 5) is 0. The minimum absolute atomic E-state index is 0.117. The number of unbranched alkanes of at least 4 members (excludes halogenated alkanes) is 1. The maximum absolute atomic E-state index is 14.1. The monoisotopic (exact) mass is 310 g/mol. The van der Waals surface area contributed by atoms with Gasteiger partial charge < -0.3 is 0 Å². The molecule has 23 heavy (non-hydrogen) atoms. The molecule has 2 aromatic rings. The first kappa shape index (κ1) is 17.5. The average Bonchev–Trinajstić information content (AvgIpc) is 2.56. The highest BCUT2D eigenvalue weighted by molar-refractivity contribution is 5.50. The third-order valence-corrected chi connectivity index (χ3v) is 4.08. The first-order valence-corrected chi connectivity index (χ1v) is 8.75. The summed E-state index contributed by atoms with van der Waals surface area (Å²) in [6.07, 6.45) is 10.2. The topological polar surface area (TPSA) is 0 Å². The number of aryl methyl sites for hydroxylation is 3. The molecular weight excluding hydrogens is 283 g/mol. The molecule has 0 nitrogen and oxygen atoms in total. The fourth-order valence-corrected chi connectivity index (χ4v) is 2.69. The van der Waals surface area contributed by atoms with Gasteiger partial charge in [-0.05, 0) is 48.4 Å². The van der Waals surface area contributed by atoms with E-state index in [1.54, 1.807) is 6.07 Å². The van der Waals surface area contributed by atoms with Gasteiger partial charge in [-0.1, -0.05) is 75.2 Å². The smallest absolute Gasteiger partial charge is 0.130 e. The lowest BCUT2D eigenvalue weighted by atomic mass is 10.0. The molecule has 0 amide bonds. The van der Waals surface area contributed by atoms with Crippen LogP contribution < -0.4 is 0 Å². The van der Waals surface area contributed by atoms with Crippen molar-refractivity contribution in [1.82, 2.24) is 0 Å². The van der Waals surface area contributed by atoms with Gasteiger partial charge in [-0.25, -0.2) is 4.39 Å². The van der Waals surface area contributed by atoms with Gasteiger partial charge >= 0.3 is 0 Å².